The highest BCUT2D eigenvalue weighted by molar-refractivity contribution is 6.30. The van der Waals surface area contributed by atoms with Crippen molar-refractivity contribution < 1.29 is 0 Å². The van der Waals surface area contributed by atoms with E-state index in [1.54, 1.807) is 0 Å². The van der Waals surface area contributed by atoms with Crippen molar-refractivity contribution in [3.8, 4) is 0 Å². The van der Waals surface area contributed by atoms with Crippen molar-refractivity contribution in [1.29, 1.82) is 0 Å². The Kier molecular flexibility index (Phi) is 5.10. The van der Waals surface area contributed by atoms with E-state index in [0.717, 1.165) is 34.2 Å². The molecular weight excluding hydrogens is 270 g/mol. The van der Waals surface area contributed by atoms with Crippen molar-refractivity contribution >= 4 is 11.6 Å². The molecule has 1 N–H and O–H groups in total. The Morgan fingerprint density at radius 3 is 2.80 bits per heavy atom. The molecular formula is C16H20ClN3. The van der Waals surface area contributed by atoms with Gasteiger partial charge in [0.25, 0.3) is 0 Å². The summed E-state index contributed by atoms with van der Waals surface area (Å²) in [4.78, 5) is 9.08. The van der Waals surface area contributed by atoms with Gasteiger partial charge in [-0.2, -0.15) is 0 Å². The first kappa shape index (κ1) is 14.9. The summed E-state index contributed by atoms with van der Waals surface area (Å²) in [7, 11) is 0. The molecule has 0 aliphatic rings. The van der Waals surface area contributed by atoms with E-state index in [1.165, 1.54) is 0 Å². The van der Waals surface area contributed by atoms with Crippen molar-refractivity contribution in [3.05, 3.63) is 58.1 Å². The average Bonchev–Trinajstić information content (AvgIpc) is 2.39. The molecule has 0 aliphatic carbocycles. The average molecular weight is 290 g/mol. The summed E-state index contributed by atoms with van der Waals surface area (Å²) in [6.07, 6.45) is 2.63. The van der Waals surface area contributed by atoms with Gasteiger partial charge in [0.2, 0.25) is 0 Å². The van der Waals surface area contributed by atoms with Gasteiger partial charge in [-0.05, 0) is 38.1 Å². The van der Waals surface area contributed by atoms with Crippen molar-refractivity contribution in [2.75, 3.05) is 6.54 Å². The number of benzene rings is 1. The van der Waals surface area contributed by atoms with Crippen molar-refractivity contribution in [2.24, 2.45) is 0 Å². The van der Waals surface area contributed by atoms with Crippen LogP contribution in [0.15, 0.2) is 30.5 Å². The van der Waals surface area contributed by atoms with Crippen LogP contribution in [-0.2, 0) is 6.42 Å². The highest BCUT2D eigenvalue weighted by Crippen LogP contribution is 2.17. The topological polar surface area (TPSA) is 37.8 Å². The van der Waals surface area contributed by atoms with Crippen molar-refractivity contribution in [3.63, 3.8) is 0 Å². The van der Waals surface area contributed by atoms with Crippen LogP contribution < -0.4 is 5.32 Å². The predicted octanol–water partition coefficient (Wildman–Crippen LogP) is 3.70. The molecule has 0 fully saturated rings. The molecule has 0 spiro atoms. The fraction of sp³-hybridized carbons (Fsp3) is 0.375. The molecule has 0 saturated heterocycles. The van der Waals surface area contributed by atoms with Gasteiger partial charge in [0, 0.05) is 34.9 Å². The third kappa shape index (κ3) is 3.78. The second-order valence-corrected chi connectivity index (χ2v) is 5.35. The third-order valence-electron chi connectivity index (χ3n) is 3.30. The summed E-state index contributed by atoms with van der Waals surface area (Å²) in [5, 5.41) is 4.13. The summed E-state index contributed by atoms with van der Waals surface area (Å²) in [5.74, 6) is 0.831. The molecule has 4 heteroatoms. The molecule has 1 heterocycles. The van der Waals surface area contributed by atoms with E-state index in [4.69, 9.17) is 11.6 Å². The van der Waals surface area contributed by atoms with Crippen LogP contribution in [0.2, 0.25) is 5.02 Å². The van der Waals surface area contributed by atoms with Gasteiger partial charge in [-0.15, -0.1) is 0 Å². The van der Waals surface area contributed by atoms with E-state index in [1.807, 2.05) is 37.4 Å². The van der Waals surface area contributed by atoms with Gasteiger partial charge < -0.3 is 5.32 Å². The lowest BCUT2D eigenvalue weighted by Crippen LogP contribution is -2.19. The van der Waals surface area contributed by atoms with E-state index >= 15 is 0 Å². The molecule has 2 rings (SSSR count). The number of hydrogen-bond acceptors (Lipinski definition) is 3. The molecule has 0 radical (unpaired) electrons. The standard InChI is InChI=1S/C16H20ClN3/c1-4-18-11(2)15-10-19-16(20-12(15)3)9-13-6-5-7-14(17)8-13/h5-8,10-11,18H,4,9H2,1-3H3. The fourth-order valence-corrected chi connectivity index (χ4v) is 2.49. The second kappa shape index (κ2) is 6.82. The maximum atomic E-state index is 5.99. The SMILES string of the molecule is CCNC(C)c1cnc(Cc2cccc(Cl)c2)nc1C. The summed E-state index contributed by atoms with van der Waals surface area (Å²) >= 11 is 5.99. The molecule has 1 aromatic carbocycles. The molecule has 0 amide bonds. The van der Waals surface area contributed by atoms with E-state index in [9.17, 15) is 0 Å². The summed E-state index contributed by atoms with van der Waals surface area (Å²) < 4.78 is 0. The van der Waals surface area contributed by atoms with Crippen LogP contribution in [0.25, 0.3) is 0 Å². The molecule has 0 saturated carbocycles. The molecule has 0 bridgehead atoms. The van der Waals surface area contributed by atoms with E-state index in [0.29, 0.717) is 6.42 Å². The highest BCUT2D eigenvalue weighted by Gasteiger charge is 2.10. The van der Waals surface area contributed by atoms with Gasteiger partial charge in [-0.1, -0.05) is 30.7 Å². The zero-order chi connectivity index (χ0) is 14.5. The minimum absolute atomic E-state index is 0.278. The summed E-state index contributed by atoms with van der Waals surface area (Å²) in [5.41, 5.74) is 3.32. The molecule has 1 aromatic heterocycles. The molecule has 0 aliphatic heterocycles. The molecule has 2 aromatic rings. The van der Waals surface area contributed by atoms with Gasteiger partial charge in [0.1, 0.15) is 5.82 Å². The fourth-order valence-electron chi connectivity index (χ4n) is 2.28. The van der Waals surface area contributed by atoms with Gasteiger partial charge in [-0.3, -0.25) is 0 Å². The largest absolute Gasteiger partial charge is 0.310 e. The Hall–Kier alpha value is -1.45. The van der Waals surface area contributed by atoms with Gasteiger partial charge in [-0.25, -0.2) is 9.97 Å². The normalized spacial score (nSPS) is 12.4. The first-order chi connectivity index (χ1) is 9.60. The number of aromatic nitrogens is 2. The summed E-state index contributed by atoms with van der Waals surface area (Å²) in [6.45, 7) is 7.20. The molecule has 106 valence electrons. The van der Waals surface area contributed by atoms with Crippen LogP contribution >= 0.6 is 11.6 Å². The number of rotatable bonds is 5. The maximum absolute atomic E-state index is 5.99. The van der Waals surface area contributed by atoms with Crippen LogP contribution in [0.5, 0.6) is 0 Å². The summed E-state index contributed by atoms with van der Waals surface area (Å²) in [6, 6.07) is 8.10. The smallest absolute Gasteiger partial charge is 0.132 e. The Labute approximate surface area is 125 Å². The van der Waals surface area contributed by atoms with Gasteiger partial charge >= 0.3 is 0 Å². The van der Waals surface area contributed by atoms with Crippen LogP contribution in [0, 0.1) is 6.92 Å². The van der Waals surface area contributed by atoms with Crippen molar-refractivity contribution in [2.45, 2.75) is 33.2 Å². The van der Waals surface area contributed by atoms with E-state index in [2.05, 4.69) is 29.1 Å². The molecule has 1 unspecified atom stereocenters. The van der Waals surface area contributed by atoms with Crippen LogP contribution in [0.3, 0.4) is 0 Å². The van der Waals surface area contributed by atoms with Crippen LogP contribution in [0.4, 0.5) is 0 Å². The van der Waals surface area contributed by atoms with Gasteiger partial charge in [0.05, 0.1) is 0 Å². The molecule has 20 heavy (non-hydrogen) atoms. The lowest BCUT2D eigenvalue weighted by Gasteiger charge is -2.15. The lowest BCUT2D eigenvalue weighted by atomic mass is 10.1. The molecule has 3 nitrogen and oxygen atoms in total. The number of nitrogens with one attached hydrogen (secondary N) is 1. The first-order valence-corrected chi connectivity index (χ1v) is 7.28. The van der Waals surface area contributed by atoms with E-state index in [-0.39, 0.29) is 6.04 Å². The first-order valence-electron chi connectivity index (χ1n) is 6.90. The second-order valence-electron chi connectivity index (χ2n) is 4.91. The number of aryl methyl sites for hydroxylation is 1. The highest BCUT2D eigenvalue weighted by atomic mass is 35.5. The minimum atomic E-state index is 0.278. The quantitative estimate of drug-likeness (QED) is 0.912. The maximum Gasteiger partial charge on any atom is 0.132 e. The number of hydrogen-bond donors (Lipinski definition) is 1. The minimum Gasteiger partial charge on any atom is -0.310 e. The Bertz CT molecular complexity index is 584. The predicted molar refractivity (Wildman–Crippen MR) is 83.1 cm³/mol. The van der Waals surface area contributed by atoms with Crippen molar-refractivity contribution in [1.82, 2.24) is 15.3 Å². The van der Waals surface area contributed by atoms with Crippen LogP contribution in [0.1, 0.15) is 42.5 Å². The van der Waals surface area contributed by atoms with E-state index < -0.39 is 0 Å². The molecule has 1 atom stereocenters. The lowest BCUT2D eigenvalue weighted by molar-refractivity contribution is 0.588. The zero-order valence-corrected chi connectivity index (χ0v) is 12.9. The number of nitrogens with zero attached hydrogens (tertiary/aromatic N) is 2. The van der Waals surface area contributed by atoms with Gasteiger partial charge in [0.15, 0.2) is 0 Å². The number of halogens is 1. The Balaban J connectivity index is 2.17. The van der Waals surface area contributed by atoms with Crippen LogP contribution in [-0.4, -0.2) is 16.5 Å². The monoisotopic (exact) mass is 289 g/mol. The third-order valence-corrected chi connectivity index (χ3v) is 3.53. The Morgan fingerprint density at radius 1 is 1.35 bits per heavy atom. The zero-order valence-electron chi connectivity index (χ0n) is 12.2. The Morgan fingerprint density at radius 2 is 2.15 bits per heavy atom.